The molecular formula is C23H23N3O2. The number of para-hydroxylation sites is 1. The second kappa shape index (κ2) is 6.82. The van der Waals surface area contributed by atoms with Crippen molar-refractivity contribution in [2.75, 3.05) is 4.90 Å². The molecule has 0 bridgehead atoms. The van der Waals surface area contributed by atoms with Crippen LogP contribution in [-0.2, 0) is 11.2 Å². The maximum atomic E-state index is 13.0. The first kappa shape index (κ1) is 17.0. The van der Waals surface area contributed by atoms with Crippen molar-refractivity contribution in [1.29, 1.82) is 0 Å². The van der Waals surface area contributed by atoms with Crippen LogP contribution in [0.3, 0.4) is 0 Å². The number of carbonyl (C=O) groups excluding carboxylic acids is 1. The average molecular weight is 373 g/mol. The van der Waals surface area contributed by atoms with Crippen LogP contribution >= 0.6 is 0 Å². The molecule has 28 heavy (non-hydrogen) atoms. The Balaban J connectivity index is 1.65. The molecule has 5 rings (SSSR count). The largest absolute Gasteiger partial charge is 0.455 e. The Hall–Kier alpha value is -3.08. The predicted molar refractivity (Wildman–Crippen MR) is 108 cm³/mol. The molecule has 5 heteroatoms. The SMILES string of the molecule is C[C@H]1CCc2c(ccc(-n3cccn3)c2Oc2ccccc2)N1C(=O)C1CC1. The number of anilines is 1. The Bertz CT molecular complexity index is 994. The minimum Gasteiger partial charge on any atom is -0.455 e. The topological polar surface area (TPSA) is 47.4 Å². The van der Waals surface area contributed by atoms with Crippen LogP contribution in [0.1, 0.15) is 31.7 Å². The molecular weight excluding hydrogens is 350 g/mol. The van der Waals surface area contributed by atoms with Gasteiger partial charge in [-0.2, -0.15) is 5.10 Å². The predicted octanol–water partition coefficient (Wildman–Crippen LogP) is 4.74. The first-order valence-electron chi connectivity index (χ1n) is 9.94. The molecule has 2 aliphatic rings. The van der Waals surface area contributed by atoms with Crippen molar-refractivity contribution in [2.24, 2.45) is 5.92 Å². The van der Waals surface area contributed by atoms with E-state index in [-0.39, 0.29) is 17.9 Å². The Morgan fingerprint density at radius 3 is 2.54 bits per heavy atom. The molecule has 2 heterocycles. The van der Waals surface area contributed by atoms with Gasteiger partial charge in [-0.05, 0) is 62.9 Å². The van der Waals surface area contributed by atoms with Crippen LogP contribution in [0.2, 0.25) is 0 Å². The normalized spacial score (nSPS) is 18.6. The summed E-state index contributed by atoms with van der Waals surface area (Å²) in [5.74, 6) is 2.01. The molecule has 142 valence electrons. The number of hydrogen-bond acceptors (Lipinski definition) is 3. The van der Waals surface area contributed by atoms with Crippen molar-refractivity contribution < 1.29 is 9.53 Å². The molecule has 2 aromatic carbocycles. The lowest BCUT2D eigenvalue weighted by Crippen LogP contribution is -2.43. The fourth-order valence-electron chi connectivity index (χ4n) is 3.97. The fraction of sp³-hybridized carbons (Fsp3) is 0.304. The number of aromatic nitrogens is 2. The van der Waals surface area contributed by atoms with Crippen molar-refractivity contribution >= 4 is 11.6 Å². The summed E-state index contributed by atoms with van der Waals surface area (Å²) in [6, 6.07) is 16.0. The van der Waals surface area contributed by atoms with Crippen LogP contribution in [0.4, 0.5) is 5.69 Å². The maximum Gasteiger partial charge on any atom is 0.230 e. The fourth-order valence-corrected chi connectivity index (χ4v) is 3.97. The molecule has 0 spiro atoms. The summed E-state index contributed by atoms with van der Waals surface area (Å²) in [6.07, 6.45) is 7.50. The number of rotatable bonds is 4. The van der Waals surface area contributed by atoms with Crippen molar-refractivity contribution in [3.05, 3.63) is 66.5 Å². The molecule has 0 N–H and O–H groups in total. The molecule has 1 aliphatic heterocycles. The van der Waals surface area contributed by atoms with Gasteiger partial charge in [-0.1, -0.05) is 18.2 Å². The molecule has 0 unspecified atom stereocenters. The molecule has 1 aliphatic carbocycles. The smallest absolute Gasteiger partial charge is 0.230 e. The lowest BCUT2D eigenvalue weighted by Gasteiger charge is -2.36. The van der Waals surface area contributed by atoms with Crippen LogP contribution in [0, 0.1) is 5.92 Å². The highest BCUT2D eigenvalue weighted by molar-refractivity contribution is 5.98. The average Bonchev–Trinajstić information content (AvgIpc) is 3.43. The van der Waals surface area contributed by atoms with Gasteiger partial charge in [0, 0.05) is 29.9 Å². The highest BCUT2D eigenvalue weighted by atomic mass is 16.5. The van der Waals surface area contributed by atoms with E-state index in [0.717, 1.165) is 54.1 Å². The number of benzene rings is 2. The van der Waals surface area contributed by atoms with Gasteiger partial charge in [0.05, 0.1) is 5.69 Å². The molecule has 3 aromatic rings. The van der Waals surface area contributed by atoms with E-state index in [9.17, 15) is 4.79 Å². The zero-order chi connectivity index (χ0) is 19.1. The zero-order valence-electron chi connectivity index (χ0n) is 15.9. The maximum absolute atomic E-state index is 13.0. The van der Waals surface area contributed by atoms with Gasteiger partial charge in [-0.25, -0.2) is 4.68 Å². The summed E-state index contributed by atoms with van der Waals surface area (Å²) in [6.45, 7) is 2.14. The summed E-state index contributed by atoms with van der Waals surface area (Å²) < 4.78 is 8.20. The standard InChI is InChI=1S/C23H23N3O2/c1-16-8-11-19-20(26(16)23(27)17-9-10-17)12-13-21(25-15-5-14-24-25)22(19)28-18-6-3-2-4-7-18/h2-7,12-17H,8-11H2,1H3/t16-/m0/s1. The molecule has 0 radical (unpaired) electrons. The van der Waals surface area contributed by atoms with Crippen molar-refractivity contribution in [1.82, 2.24) is 9.78 Å². The summed E-state index contributed by atoms with van der Waals surface area (Å²) in [5, 5.41) is 4.40. The van der Waals surface area contributed by atoms with Gasteiger partial charge < -0.3 is 9.64 Å². The summed E-state index contributed by atoms with van der Waals surface area (Å²) in [5.41, 5.74) is 2.96. The molecule has 1 amide bonds. The van der Waals surface area contributed by atoms with Gasteiger partial charge in [-0.3, -0.25) is 4.79 Å². The number of hydrogen-bond donors (Lipinski definition) is 0. The van der Waals surface area contributed by atoms with E-state index < -0.39 is 0 Å². The van der Waals surface area contributed by atoms with E-state index in [0.29, 0.717) is 0 Å². The van der Waals surface area contributed by atoms with Crippen molar-refractivity contribution in [3.8, 4) is 17.2 Å². The minimum atomic E-state index is 0.192. The number of fused-ring (bicyclic) bond motifs is 1. The second-order valence-electron chi connectivity index (χ2n) is 7.65. The number of ether oxygens (including phenoxy) is 1. The Labute approximate surface area is 164 Å². The van der Waals surface area contributed by atoms with Gasteiger partial charge in [0.2, 0.25) is 5.91 Å². The van der Waals surface area contributed by atoms with E-state index in [4.69, 9.17) is 4.74 Å². The van der Waals surface area contributed by atoms with E-state index in [2.05, 4.69) is 18.1 Å². The minimum absolute atomic E-state index is 0.192. The van der Waals surface area contributed by atoms with Gasteiger partial charge in [0.1, 0.15) is 11.4 Å². The summed E-state index contributed by atoms with van der Waals surface area (Å²) in [7, 11) is 0. The lowest BCUT2D eigenvalue weighted by atomic mass is 9.94. The molecule has 5 nitrogen and oxygen atoms in total. The van der Waals surface area contributed by atoms with Crippen molar-refractivity contribution in [2.45, 2.75) is 38.6 Å². The second-order valence-corrected chi connectivity index (χ2v) is 7.65. The summed E-state index contributed by atoms with van der Waals surface area (Å²) >= 11 is 0. The highest BCUT2D eigenvalue weighted by Gasteiger charge is 2.39. The van der Waals surface area contributed by atoms with Gasteiger partial charge in [-0.15, -0.1) is 0 Å². The Kier molecular flexibility index (Phi) is 4.15. The molecule has 1 atom stereocenters. The quantitative estimate of drug-likeness (QED) is 0.663. The third-order valence-electron chi connectivity index (χ3n) is 5.61. The first-order chi connectivity index (χ1) is 13.7. The highest BCUT2D eigenvalue weighted by Crippen LogP contribution is 2.44. The van der Waals surface area contributed by atoms with Crippen LogP contribution in [-0.4, -0.2) is 21.7 Å². The number of carbonyl (C=O) groups is 1. The van der Waals surface area contributed by atoms with Gasteiger partial charge >= 0.3 is 0 Å². The molecule has 1 aromatic heterocycles. The van der Waals surface area contributed by atoms with Crippen LogP contribution in [0.15, 0.2) is 60.9 Å². The van der Waals surface area contributed by atoms with E-state index in [1.165, 1.54) is 0 Å². The molecule has 0 saturated heterocycles. The monoisotopic (exact) mass is 373 g/mol. The first-order valence-corrected chi connectivity index (χ1v) is 9.94. The van der Waals surface area contributed by atoms with E-state index in [1.807, 2.05) is 58.2 Å². The van der Waals surface area contributed by atoms with E-state index in [1.54, 1.807) is 6.20 Å². The van der Waals surface area contributed by atoms with Crippen LogP contribution in [0.5, 0.6) is 11.5 Å². The van der Waals surface area contributed by atoms with E-state index >= 15 is 0 Å². The van der Waals surface area contributed by atoms with Crippen LogP contribution in [0.25, 0.3) is 5.69 Å². The van der Waals surface area contributed by atoms with Crippen LogP contribution < -0.4 is 9.64 Å². The van der Waals surface area contributed by atoms with Gasteiger partial charge in [0.25, 0.3) is 0 Å². The molecule has 1 saturated carbocycles. The Morgan fingerprint density at radius 2 is 1.82 bits per heavy atom. The molecule has 1 fully saturated rings. The zero-order valence-corrected chi connectivity index (χ0v) is 15.9. The number of amides is 1. The van der Waals surface area contributed by atoms with Crippen molar-refractivity contribution in [3.63, 3.8) is 0 Å². The van der Waals surface area contributed by atoms with Gasteiger partial charge in [0.15, 0.2) is 5.75 Å². The third kappa shape index (κ3) is 2.97. The summed E-state index contributed by atoms with van der Waals surface area (Å²) in [4.78, 5) is 15.0. The number of nitrogens with zero attached hydrogens (tertiary/aromatic N) is 3. The third-order valence-corrected chi connectivity index (χ3v) is 5.61. The lowest BCUT2D eigenvalue weighted by molar-refractivity contribution is -0.120. The Morgan fingerprint density at radius 1 is 1.04 bits per heavy atom.